The molecule has 1 aromatic carbocycles. The van der Waals surface area contributed by atoms with Crippen molar-refractivity contribution in [3.8, 4) is 5.75 Å². The molecule has 1 aromatic rings. The Morgan fingerprint density at radius 2 is 2.31 bits per heavy atom. The molecule has 0 aromatic heterocycles. The summed E-state index contributed by atoms with van der Waals surface area (Å²) in [6, 6.07) is 1.77. The van der Waals surface area contributed by atoms with Crippen LogP contribution in [0.15, 0.2) is 12.1 Å². The number of nitro benzene ring substituents is 1. The molecule has 0 aliphatic rings. The lowest BCUT2D eigenvalue weighted by Crippen LogP contribution is -2.13. The van der Waals surface area contributed by atoms with Crippen molar-refractivity contribution in [2.45, 2.75) is 6.10 Å². The van der Waals surface area contributed by atoms with Crippen molar-refractivity contribution in [1.82, 2.24) is 0 Å². The van der Waals surface area contributed by atoms with E-state index in [1.807, 2.05) is 0 Å². The van der Waals surface area contributed by atoms with Crippen molar-refractivity contribution >= 4 is 5.69 Å². The van der Waals surface area contributed by atoms with Crippen LogP contribution in [0.5, 0.6) is 5.75 Å². The maximum absolute atomic E-state index is 13.4. The molecule has 0 spiro atoms. The number of methoxy groups -OCH3 is 1. The normalized spacial score (nSPS) is 12.2. The van der Waals surface area contributed by atoms with Crippen LogP contribution in [0, 0.1) is 15.9 Å². The van der Waals surface area contributed by atoms with E-state index in [2.05, 4.69) is 0 Å². The van der Waals surface area contributed by atoms with Gasteiger partial charge in [0.15, 0.2) is 11.6 Å². The highest BCUT2D eigenvalue weighted by Crippen LogP contribution is 2.31. The Morgan fingerprint density at radius 1 is 1.69 bits per heavy atom. The number of rotatable bonds is 4. The van der Waals surface area contributed by atoms with Gasteiger partial charge in [-0.15, -0.1) is 0 Å². The molecule has 0 aliphatic heterocycles. The van der Waals surface area contributed by atoms with E-state index in [4.69, 9.17) is 10.5 Å². The lowest BCUT2D eigenvalue weighted by atomic mass is 10.1. The quantitative estimate of drug-likeness (QED) is 0.587. The summed E-state index contributed by atoms with van der Waals surface area (Å²) in [4.78, 5) is 9.75. The molecule has 1 unspecified atom stereocenters. The van der Waals surface area contributed by atoms with Gasteiger partial charge in [-0.1, -0.05) is 0 Å². The largest absolute Gasteiger partial charge is 0.493 e. The molecule has 0 bridgehead atoms. The van der Waals surface area contributed by atoms with Crippen LogP contribution in [0.3, 0.4) is 0 Å². The third-order valence-electron chi connectivity index (χ3n) is 2.05. The van der Waals surface area contributed by atoms with E-state index in [9.17, 15) is 19.6 Å². The molecular weight excluding hydrogens is 219 g/mol. The highest BCUT2D eigenvalue weighted by molar-refractivity contribution is 5.46. The van der Waals surface area contributed by atoms with Crippen LogP contribution in [0.1, 0.15) is 11.7 Å². The zero-order valence-electron chi connectivity index (χ0n) is 8.51. The van der Waals surface area contributed by atoms with Crippen molar-refractivity contribution in [3.05, 3.63) is 33.6 Å². The average Bonchev–Trinajstić information content (AvgIpc) is 2.26. The maximum atomic E-state index is 13.4. The first-order valence-corrected chi connectivity index (χ1v) is 4.41. The summed E-state index contributed by atoms with van der Waals surface area (Å²) >= 11 is 0. The van der Waals surface area contributed by atoms with Crippen LogP contribution >= 0.6 is 0 Å². The van der Waals surface area contributed by atoms with Crippen molar-refractivity contribution < 1.29 is 19.2 Å². The van der Waals surface area contributed by atoms with E-state index in [0.717, 1.165) is 12.1 Å². The van der Waals surface area contributed by atoms with Gasteiger partial charge in [0.2, 0.25) is 0 Å². The molecule has 0 aliphatic carbocycles. The van der Waals surface area contributed by atoms with E-state index in [0.29, 0.717) is 0 Å². The Hall–Kier alpha value is -1.73. The lowest BCUT2D eigenvalue weighted by Gasteiger charge is -2.13. The second-order valence-corrected chi connectivity index (χ2v) is 3.06. The van der Waals surface area contributed by atoms with E-state index < -0.39 is 22.5 Å². The number of halogens is 1. The molecule has 3 N–H and O–H groups in total. The van der Waals surface area contributed by atoms with E-state index in [1.54, 1.807) is 0 Å². The standard InChI is InChI=1S/C9H11FN2O4/c1-16-9-6(8(13)4-11)2-5(12(14)15)3-7(9)10/h2-3,8,13H,4,11H2,1H3. The summed E-state index contributed by atoms with van der Waals surface area (Å²) in [5, 5.41) is 20.0. The van der Waals surface area contributed by atoms with Crippen LogP contribution < -0.4 is 10.5 Å². The number of hydrogen-bond donors (Lipinski definition) is 2. The number of non-ortho nitro benzene ring substituents is 1. The van der Waals surface area contributed by atoms with Gasteiger partial charge < -0.3 is 15.6 Å². The number of hydrogen-bond acceptors (Lipinski definition) is 5. The smallest absolute Gasteiger partial charge is 0.273 e. The van der Waals surface area contributed by atoms with Crippen LogP contribution in [0.4, 0.5) is 10.1 Å². The summed E-state index contributed by atoms with van der Waals surface area (Å²) in [6.07, 6.45) is -1.20. The molecule has 0 heterocycles. The highest BCUT2D eigenvalue weighted by Gasteiger charge is 2.21. The number of aliphatic hydroxyl groups excluding tert-OH is 1. The van der Waals surface area contributed by atoms with Crippen molar-refractivity contribution in [2.75, 3.05) is 13.7 Å². The molecule has 7 heteroatoms. The lowest BCUT2D eigenvalue weighted by molar-refractivity contribution is -0.385. The maximum Gasteiger partial charge on any atom is 0.273 e. The van der Waals surface area contributed by atoms with Crippen LogP contribution in [0.25, 0.3) is 0 Å². The van der Waals surface area contributed by atoms with Crippen LogP contribution in [-0.2, 0) is 0 Å². The van der Waals surface area contributed by atoms with Gasteiger partial charge in [0.25, 0.3) is 5.69 Å². The second-order valence-electron chi connectivity index (χ2n) is 3.06. The monoisotopic (exact) mass is 230 g/mol. The van der Waals surface area contributed by atoms with Gasteiger partial charge in [-0.2, -0.15) is 0 Å². The number of nitro groups is 1. The molecule has 0 saturated carbocycles. The fourth-order valence-electron chi connectivity index (χ4n) is 1.30. The number of nitrogens with two attached hydrogens (primary N) is 1. The van der Waals surface area contributed by atoms with Crippen molar-refractivity contribution in [1.29, 1.82) is 0 Å². The molecule has 0 saturated heterocycles. The molecule has 88 valence electrons. The Morgan fingerprint density at radius 3 is 2.75 bits per heavy atom. The van der Waals surface area contributed by atoms with Gasteiger partial charge in [0, 0.05) is 18.2 Å². The fraction of sp³-hybridized carbons (Fsp3) is 0.333. The van der Waals surface area contributed by atoms with Crippen molar-refractivity contribution in [3.63, 3.8) is 0 Å². The minimum atomic E-state index is -1.20. The molecule has 0 radical (unpaired) electrons. The SMILES string of the molecule is COc1c(F)cc([N+](=O)[O-])cc1C(O)CN. The zero-order valence-corrected chi connectivity index (χ0v) is 8.51. The summed E-state index contributed by atoms with van der Waals surface area (Å²) in [7, 11) is 1.21. The Bertz CT molecular complexity index is 411. The molecular formula is C9H11FN2O4. The number of nitrogens with zero attached hydrogens (tertiary/aromatic N) is 1. The molecule has 1 atom stereocenters. The van der Waals surface area contributed by atoms with Gasteiger partial charge >= 0.3 is 0 Å². The zero-order chi connectivity index (χ0) is 12.3. The highest BCUT2D eigenvalue weighted by atomic mass is 19.1. The predicted octanol–water partition coefficient (Wildman–Crippen LogP) is 0.735. The number of benzene rings is 1. The first-order chi connectivity index (χ1) is 7.51. The first-order valence-electron chi connectivity index (χ1n) is 4.41. The minimum absolute atomic E-state index is 0.0308. The average molecular weight is 230 g/mol. The van der Waals surface area contributed by atoms with Crippen LogP contribution in [0.2, 0.25) is 0 Å². The first kappa shape index (κ1) is 12.3. The summed E-state index contributed by atoms with van der Waals surface area (Å²) in [6.45, 7) is -0.184. The van der Waals surface area contributed by atoms with E-state index in [-0.39, 0.29) is 17.9 Å². The van der Waals surface area contributed by atoms with Gasteiger partial charge in [0.05, 0.1) is 24.2 Å². The topological polar surface area (TPSA) is 98.6 Å². The summed E-state index contributed by atoms with van der Waals surface area (Å²) in [5.74, 6) is -1.14. The predicted molar refractivity (Wildman–Crippen MR) is 53.6 cm³/mol. The Labute approximate surface area is 90.6 Å². The molecule has 6 nitrogen and oxygen atoms in total. The Balaban J connectivity index is 3.36. The minimum Gasteiger partial charge on any atom is -0.493 e. The Kier molecular flexibility index (Phi) is 3.75. The number of ether oxygens (including phenoxy) is 1. The molecule has 1 rings (SSSR count). The number of aliphatic hydroxyl groups is 1. The third-order valence-corrected chi connectivity index (χ3v) is 2.05. The van der Waals surface area contributed by atoms with E-state index >= 15 is 0 Å². The van der Waals surface area contributed by atoms with Crippen LogP contribution in [-0.4, -0.2) is 23.7 Å². The summed E-state index contributed by atoms with van der Waals surface area (Å²) < 4.78 is 18.1. The van der Waals surface area contributed by atoms with Gasteiger partial charge in [0.1, 0.15) is 0 Å². The molecule has 0 amide bonds. The third kappa shape index (κ3) is 2.26. The fourth-order valence-corrected chi connectivity index (χ4v) is 1.30. The van der Waals surface area contributed by atoms with Gasteiger partial charge in [-0.05, 0) is 0 Å². The molecule has 0 fully saturated rings. The summed E-state index contributed by atoms with van der Waals surface area (Å²) in [5.41, 5.74) is 4.72. The van der Waals surface area contributed by atoms with Gasteiger partial charge in [-0.3, -0.25) is 10.1 Å². The van der Waals surface area contributed by atoms with Crippen molar-refractivity contribution in [2.24, 2.45) is 5.73 Å². The molecule has 16 heavy (non-hydrogen) atoms. The van der Waals surface area contributed by atoms with Gasteiger partial charge in [-0.25, -0.2) is 4.39 Å². The van der Waals surface area contributed by atoms with E-state index in [1.165, 1.54) is 7.11 Å². The second kappa shape index (κ2) is 4.86.